The van der Waals surface area contributed by atoms with Crippen LogP contribution >= 0.6 is 0 Å². The molecular weight excluding hydrogens is 941 g/mol. The first-order valence-electron chi connectivity index (χ1n) is 27.2. The molecule has 15 rings (SSSR count). The maximum absolute atomic E-state index is 2.49. The van der Waals surface area contributed by atoms with Gasteiger partial charge in [0.05, 0.1) is 0 Å². The van der Waals surface area contributed by atoms with E-state index >= 15 is 0 Å². The molecule has 13 aromatic carbocycles. The average molecular weight is 993 g/mol. The molecule has 0 radical (unpaired) electrons. The molecule has 2 nitrogen and oxygen atoms in total. The van der Waals surface area contributed by atoms with Crippen molar-refractivity contribution in [1.82, 2.24) is 0 Å². The molecule has 0 saturated carbocycles. The van der Waals surface area contributed by atoms with Gasteiger partial charge in [-0.15, -0.1) is 0 Å². The highest BCUT2D eigenvalue weighted by atomic mass is 15.2. The molecule has 0 aromatic heterocycles. The average Bonchev–Trinajstić information content (AvgIpc) is 3.68. The van der Waals surface area contributed by atoms with Gasteiger partial charge in [-0.3, -0.25) is 0 Å². The van der Waals surface area contributed by atoms with Gasteiger partial charge in [-0.1, -0.05) is 218 Å². The second-order valence-corrected chi connectivity index (χ2v) is 20.8. The molecule has 0 bridgehead atoms. The van der Waals surface area contributed by atoms with Crippen molar-refractivity contribution in [2.75, 3.05) is 9.80 Å². The first-order valence-corrected chi connectivity index (χ1v) is 27.2. The lowest BCUT2D eigenvalue weighted by Gasteiger charge is -2.31. The van der Waals surface area contributed by atoms with Gasteiger partial charge in [-0.05, 0) is 189 Å². The van der Waals surface area contributed by atoms with Crippen LogP contribution in [-0.2, 0) is 0 Å². The summed E-state index contributed by atoms with van der Waals surface area (Å²) in [5.74, 6) is 0.372. The van der Waals surface area contributed by atoms with Gasteiger partial charge in [-0.25, -0.2) is 0 Å². The van der Waals surface area contributed by atoms with Gasteiger partial charge in [0.1, 0.15) is 0 Å². The van der Waals surface area contributed by atoms with Crippen LogP contribution in [0.15, 0.2) is 309 Å². The Morgan fingerprint density at radius 1 is 0.295 bits per heavy atom. The standard InChI is InChI=1S/C76H52N2/c1-2-15-51(16-3-1)58-27-14-28-63(43-58)75-71-41-39-70(78(67-37-33-55-20-7-12-25-61(55)47-67)68-38-34-56-21-8-13-26-62(56)48-68)50-74(71)76(64-30-29-52-17-4-9-22-57(52)44-64)72-42-40-69(49-73(72)75)77(65-35-31-53-18-5-10-23-59(53)45-65)66-36-32-54-19-6-11-24-60(54)46-66/h1-33,35-50,56H,34H2. The number of benzene rings is 13. The van der Waals surface area contributed by atoms with Crippen LogP contribution in [0, 0.1) is 5.92 Å². The number of hydrogen-bond acceptors (Lipinski definition) is 2. The van der Waals surface area contributed by atoms with E-state index in [0.29, 0.717) is 5.92 Å². The lowest BCUT2D eigenvalue weighted by Crippen LogP contribution is -2.19. The lowest BCUT2D eigenvalue weighted by molar-refractivity contribution is 0.768. The minimum absolute atomic E-state index is 0.372. The van der Waals surface area contributed by atoms with E-state index in [2.05, 4.69) is 307 Å². The van der Waals surface area contributed by atoms with Crippen molar-refractivity contribution in [2.24, 2.45) is 5.92 Å². The first kappa shape index (κ1) is 45.4. The minimum atomic E-state index is 0.372. The summed E-state index contributed by atoms with van der Waals surface area (Å²) in [6.45, 7) is 0. The Hall–Kier alpha value is -10.0. The Morgan fingerprint density at radius 2 is 0.731 bits per heavy atom. The SMILES string of the molecule is C1=CC2=CC(N(c3ccc4ccccc4c3)c3ccc4c(-c5cccc(-c6ccccc6)c5)c5cc(N(c6ccc7ccccc7c6)c6ccc7ccccc7c6)ccc5c(-c5ccc6ccccc6c5)c4c3)=CCC2C=C1. The van der Waals surface area contributed by atoms with E-state index < -0.39 is 0 Å². The van der Waals surface area contributed by atoms with E-state index in [4.69, 9.17) is 0 Å². The first-order chi connectivity index (χ1) is 38.6. The van der Waals surface area contributed by atoms with Gasteiger partial charge < -0.3 is 9.80 Å². The fraction of sp³-hybridized carbons (Fsp3) is 0.0263. The van der Waals surface area contributed by atoms with Crippen molar-refractivity contribution < 1.29 is 0 Å². The van der Waals surface area contributed by atoms with Crippen molar-refractivity contribution in [3.63, 3.8) is 0 Å². The van der Waals surface area contributed by atoms with E-state index in [1.807, 2.05) is 0 Å². The highest BCUT2D eigenvalue weighted by molar-refractivity contribution is 6.23. The molecular formula is C76H52N2. The van der Waals surface area contributed by atoms with E-state index in [1.54, 1.807) is 0 Å². The second-order valence-electron chi connectivity index (χ2n) is 20.8. The zero-order valence-electron chi connectivity index (χ0n) is 43.0. The number of anilines is 5. The predicted molar refractivity (Wildman–Crippen MR) is 334 cm³/mol. The van der Waals surface area contributed by atoms with Gasteiger partial charge >= 0.3 is 0 Å². The number of nitrogens with zero attached hydrogens (tertiary/aromatic N) is 2. The molecule has 0 fully saturated rings. The fourth-order valence-corrected chi connectivity index (χ4v) is 12.4. The molecule has 78 heavy (non-hydrogen) atoms. The summed E-state index contributed by atoms with van der Waals surface area (Å²) in [7, 11) is 0. The van der Waals surface area contributed by atoms with Crippen LogP contribution in [0.3, 0.4) is 0 Å². The van der Waals surface area contributed by atoms with Gasteiger partial charge in [0.2, 0.25) is 0 Å². The minimum Gasteiger partial charge on any atom is -0.311 e. The summed E-state index contributed by atoms with van der Waals surface area (Å²) in [5.41, 5.74) is 15.1. The molecule has 1 atom stereocenters. The van der Waals surface area contributed by atoms with Crippen LogP contribution in [-0.4, -0.2) is 0 Å². The molecule has 13 aromatic rings. The van der Waals surface area contributed by atoms with E-state index in [-0.39, 0.29) is 0 Å². The van der Waals surface area contributed by atoms with Crippen LogP contribution < -0.4 is 9.80 Å². The van der Waals surface area contributed by atoms with Gasteiger partial charge in [0.15, 0.2) is 0 Å². The third kappa shape index (κ3) is 8.05. The second kappa shape index (κ2) is 19.0. The van der Waals surface area contributed by atoms with Crippen molar-refractivity contribution in [3.05, 3.63) is 309 Å². The highest BCUT2D eigenvalue weighted by Gasteiger charge is 2.25. The summed E-state index contributed by atoms with van der Waals surface area (Å²) in [6.07, 6.45) is 14.7. The largest absolute Gasteiger partial charge is 0.311 e. The third-order valence-corrected chi connectivity index (χ3v) is 16.2. The van der Waals surface area contributed by atoms with Crippen molar-refractivity contribution in [3.8, 4) is 33.4 Å². The van der Waals surface area contributed by atoms with Gasteiger partial charge in [0, 0.05) is 40.1 Å². The van der Waals surface area contributed by atoms with Crippen molar-refractivity contribution in [1.29, 1.82) is 0 Å². The zero-order valence-corrected chi connectivity index (χ0v) is 43.0. The van der Waals surface area contributed by atoms with E-state index in [9.17, 15) is 0 Å². The monoisotopic (exact) mass is 992 g/mol. The molecule has 0 saturated heterocycles. The summed E-state index contributed by atoms with van der Waals surface area (Å²) in [6, 6.07) is 96.9. The smallest absolute Gasteiger partial charge is 0.0468 e. The van der Waals surface area contributed by atoms with Crippen LogP contribution in [0.5, 0.6) is 0 Å². The molecule has 0 aliphatic heterocycles. The molecule has 0 N–H and O–H groups in total. The number of allylic oxidation sites excluding steroid dienone is 7. The molecule has 0 spiro atoms. The van der Waals surface area contributed by atoms with Crippen LogP contribution in [0.1, 0.15) is 6.42 Å². The number of hydrogen-bond donors (Lipinski definition) is 0. The molecule has 1 unspecified atom stereocenters. The Labute approximate surface area is 454 Å². The zero-order chi connectivity index (χ0) is 51.5. The Balaban J connectivity index is 1.03. The number of fused-ring (bicyclic) bond motifs is 7. The quantitative estimate of drug-likeness (QED) is 0.133. The molecule has 2 aliphatic rings. The molecule has 2 heteroatoms. The van der Waals surface area contributed by atoms with Crippen LogP contribution in [0.25, 0.3) is 98.0 Å². The topological polar surface area (TPSA) is 6.48 Å². The molecule has 0 heterocycles. The summed E-state index contributed by atoms with van der Waals surface area (Å²) < 4.78 is 0. The molecule has 0 amide bonds. The summed E-state index contributed by atoms with van der Waals surface area (Å²) >= 11 is 0. The highest BCUT2D eigenvalue weighted by Crippen LogP contribution is 2.50. The fourth-order valence-electron chi connectivity index (χ4n) is 12.4. The maximum Gasteiger partial charge on any atom is 0.0468 e. The van der Waals surface area contributed by atoms with Crippen molar-refractivity contribution >= 4 is 93.1 Å². The maximum atomic E-state index is 2.49. The van der Waals surface area contributed by atoms with Crippen molar-refractivity contribution in [2.45, 2.75) is 6.42 Å². The lowest BCUT2D eigenvalue weighted by atomic mass is 9.84. The van der Waals surface area contributed by atoms with E-state index in [0.717, 1.165) is 34.9 Å². The Bertz CT molecular complexity index is 4590. The third-order valence-electron chi connectivity index (χ3n) is 16.2. The summed E-state index contributed by atoms with van der Waals surface area (Å²) in [4.78, 5) is 4.93. The van der Waals surface area contributed by atoms with Gasteiger partial charge in [-0.2, -0.15) is 0 Å². The van der Waals surface area contributed by atoms with Crippen LogP contribution in [0.4, 0.5) is 28.4 Å². The molecule has 2 aliphatic carbocycles. The Kier molecular flexibility index (Phi) is 11.0. The summed E-state index contributed by atoms with van der Waals surface area (Å²) in [5, 5.41) is 14.5. The van der Waals surface area contributed by atoms with Crippen LogP contribution in [0.2, 0.25) is 0 Å². The normalized spacial score (nSPS) is 14.0. The predicted octanol–water partition coefficient (Wildman–Crippen LogP) is 21.2. The van der Waals surface area contributed by atoms with E-state index in [1.165, 1.54) is 109 Å². The number of rotatable bonds is 9. The van der Waals surface area contributed by atoms with Gasteiger partial charge in [0.25, 0.3) is 0 Å². The Morgan fingerprint density at radius 3 is 1.31 bits per heavy atom. The molecule has 366 valence electrons.